The molecule has 0 aromatic carbocycles. The molecular weight excluding hydrogens is 226 g/mol. The van der Waals surface area contributed by atoms with Crippen LogP contribution >= 0.6 is 0 Å². The van der Waals surface area contributed by atoms with Crippen molar-refractivity contribution in [3.05, 3.63) is 23.9 Å². The molecule has 0 aliphatic heterocycles. The Bertz CT molecular complexity index is 411. The summed E-state index contributed by atoms with van der Waals surface area (Å²) in [6.07, 6.45) is 6.57. The predicted molar refractivity (Wildman–Crippen MR) is 72.1 cm³/mol. The van der Waals surface area contributed by atoms with Gasteiger partial charge in [-0.15, -0.1) is 0 Å². The Morgan fingerprint density at radius 3 is 2.83 bits per heavy atom. The van der Waals surface area contributed by atoms with Crippen molar-refractivity contribution in [3.8, 4) is 0 Å². The third-order valence-electron chi connectivity index (χ3n) is 3.73. The first-order chi connectivity index (χ1) is 8.65. The van der Waals surface area contributed by atoms with Crippen LogP contribution in [-0.2, 0) is 0 Å². The smallest absolute Gasteiger partial charge is 0.251 e. The molecule has 1 aliphatic carbocycles. The Morgan fingerprint density at radius 1 is 1.44 bits per heavy atom. The summed E-state index contributed by atoms with van der Waals surface area (Å²) in [6, 6.07) is 3.30. The fourth-order valence-corrected chi connectivity index (χ4v) is 2.46. The summed E-state index contributed by atoms with van der Waals surface area (Å²) in [5, 5.41) is 2.99. The van der Waals surface area contributed by atoms with Gasteiger partial charge < -0.3 is 11.1 Å². The number of nitrogens with one attached hydrogen (secondary N) is 1. The highest BCUT2D eigenvalue weighted by Gasteiger charge is 2.18. The number of nitrogens with zero attached hydrogens (tertiary/aromatic N) is 1. The second-order valence-electron chi connectivity index (χ2n) is 5.31. The standard InChI is InChI=1S/C14H21N3O/c1-10-2-4-11(5-3-10)9-17-14(18)12-6-7-16-13(15)8-12/h6-8,10-11H,2-5,9H2,1H3,(H2,15,16)(H,17,18). The summed E-state index contributed by atoms with van der Waals surface area (Å²) in [4.78, 5) is 15.8. The monoisotopic (exact) mass is 247 g/mol. The van der Waals surface area contributed by atoms with Gasteiger partial charge >= 0.3 is 0 Å². The van der Waals surface area contributed by atoms with E-state index in [4.69, 9.17) is 5.73 Å². The SMILES string of the molecule is CC1CCC(CNC(=O)c2ccnc(N)c2)CC1. The molecule has 4 heteroatoms. The van der Waals surface area contributed by atoms with Gasteiger partial charge in [-0.25, -0.2) is 4.98 Å². The number of nitrogen functional groups attached to an aromatic ring is 1. The van der Waals surface area contributed by atoms with E-state index in [0.29, 0.717) is 17.3 Å². The van der Waals surface area contributed by atoms with Gasteiger partial charge in [-0.05, 0) is 36.8 Å². The van der Waals surface area contributed by atoms with Gasteiger partial charge in [-0.1, -0.05) is 19.8 Å². The van der Waals surface area contributed by atoms with Crippen molar-refractivity contribution in [2.24, 2.45) is 11.8 Å². The van der Waals surface area contributed by atoms with Crippen molar-refractivity contribution in [1.29, 1.82) is 0 Å². The number of anilines is 1. The van der Waals surface area contributed by atoms with Crippen molar-refractivity contribution in [3.63, 3.8) is 0 Å². The first-order valence-corrected chi connectivity index (χ1v) is 6.65. The normalized spacial score (nSPS) is 23.6. The molecule has 2 rings (SSSR count). The molecule has 1 aliphatic rings. The zero-order valence-corrected chi connectivity index (χ0v) is 10.9. The van der Waals surface area contributed by atoms with Crippen LogP contribution < -0.4 is 11.1 Å². The number of carbonyl (C=O) groups is 1. The molecule has 1 aromatic heterocycles. The maximum atomic E-state index is 11.9. The molecule has 0 saturated heterocycles. The maximum Gasteiger partial charge on any atom is 0.251 e. The summed E-state index contributed by atoms with van der Waals surface area (Å²) in [7, 11) is 0. The van der Waals surface area contributed by atoms with Crippen LogP contribution in [0.5, 0.6) is 0 Å². The minimum absolute atomic E-state index is 0.0530. The molecule has 0 bridgehead atoms. The minimum atomic E-state index is -0.0530. The van der Waals surface area contributed by atoms with Gasteiger partial charge in [0.2, 0.25) is 0 Å². The van der Waals surface area contributed by atoms with Gasteiger partial charge in [-0.2, -0.15) is 0 Å². The number of hydrogen-bond donors (Lipinski definition) is 2. The summed E-state index contributed by atoms with van der Waals surface area (Å²) in [5.41, 5.74) is 6.15. The summed E-state index contributed by atoms with van der Waals surface area (Å²) >= 11 is 0. The van der Waals surface area contributed by atoms with Crippen LogP contribution in [0.15, 0.2) is 18.3 Å². The van der Waals surface area contributed by atoms with Gasteiger partial charge in [-0.3, -0.25) is 4.79 Å². The zero-order valence-electron chi connectivity index (χ0n) is 10.9. The third kappa shape index (κ3) is 3.45. The Hall–Kier alpha value is -1.58. The largest absolute Gasteiger partial charge is 0.384 e. The van der Waals surface area contributed by atoms with Gasteiger partial charge in [0.25, 0.3) is 5.91 Å². The number of aromatic nitrogens is 1. The quantitative estimate of drug-likeness (QED) is 0.860. The Labute approximate surface area is 108 Å². The molecule has 0 unspecified atom stereocenters. The van der Waals surface area contributed by atoms with Gasteiger partial charge in [0.15, 0.2) is 0 Å². The van der Waals surface area contributed by atoms with Crippen molar-refractivity contribution < 1.29 is 4.79 Å². The maximum absolute atomic E-state index is 11.9. The van der Waals surface area contributed by atoms with Crippen LogP contribution in [0, 0.1) is 11.8 Å². The van der Waals surface area contributed by atoms with E-state index in [0.717, 1.165) is 12.5 Å². The van der Waals surface area contributed by atoms with Gasteiger partial charge in [0.05, 0.1) is 0 Å². The lowest BCUT2D eigenvalue weighted by Gasteiger charge is -2.26. The molecule has 18 heavy (non-hydrogen) atoms. The minimum Gasteiger partial charge on any atom is -0.384 e. The molecule has 1 aromatic rings. The molecule has 1 saturated carbocycles. The molecule has 1 amide bonds. The van der Waals surface area contributed by atoms with E-state index >= 15 is 0 Å². The Morgan fingerprint density at radius 2 is 2.17 bits per heavy atom. The second-order valence-corrected chi connectivity index (χ2v) is 5.31. The third-order valence-corrected chi connectivity index (χ3v) is 3.73. The van der Waals surface area contributed by atoms with E-state index in [9.17, 15) is 4.79 Å². The molecule has 0 atom stereocenters. The zero-order chi connectivity index (χ0) is 13.0. The molecule has 0 spiro atoms. The lowest BCUT2D eigenvalue weighted by Crippen LogP contribution is -2.31. The second kappa shape index (κ2) is 5.85. The van der Waals surface area contributed by atoms with E-state index < -0.39 is 0 Å². The number of rotatable bonds is 3. The van der Waals surface area contributed by atoms with E-state index in [1.807, 2.05) is 0 Å². The predicted octanol–water partition coefficient (Wildman–Crippen LogP) is 2.22. The molecule has 1 heterocycles. The van der Waals surface area contributed by atoms with Crippen molar-refractivity contribution in [2.45, 2.75) is 32.6 Å². The average molecular weight is 247 g/mol. The highest BCUT2D eigenvalue weighted by atomic mass is 16.1. The van der Waals surface area contributed by atoms with Crippen molar-refractivity contribution in [2.75, 3.05) is 12.3 Å². The molecular formula is C14H21N3O. The highest BCUT2D eigenvalue weighted by molar-refractivity contribution is 5.94. The van der Waals surface area contributed by atoms with E-state index in [2.05, 4.69) is 17.2 Å². The summed E-state index contributed by atoms with van der Waals surface area (Å²) in [6.45, 7) is 3.07. The number of pyridine rings is 1. The molecule has 4 nitrogen and oxygen atoms in total. The number of amides is 1. The van der Waals surface area contributed by atoms with Crippen LogP contribution in [0.4, 0.5) is 5.82 Å². The molecule has 3 N–H and O–H groups in total. The molecule has 98 valence electrons. The first kappa shape index (κ1) is 12.9. The Balaban J connectivity index is 1.81. The van der Waals surface area contributed by atoms with Crippen molar-refractivity contribution >= 4 is 11.7 Å². The molecule has 0 radical (unpaired) electrons. The number of carbonyl (C=O) groups excluding carboxylic acids is 1. The topological polar surface area (TPSA) is 68.0 Å². The fourth-order valence-electron chi connectivity index (χ4n) is 2.46. The fraction of sp³-hybridized carbons (Fsp3) is 0.571. The lowest BCUT2D eigenvalue weighted by molar-refractivity contribution is 0.0942. The summed E-state index contributed by atoms with van der Waals surface area (Å²) < 4.78 is 0. The van der Waals surface area contributed by atoms with E-state index in [-0.39, 0.29) is 5.91 Å². The first-order valence-electron chi connectivity index (χ1n) is 6.65. The van der Waals surface area contributed by atoms with Crippen LogP contribution in [-0.4, -0.2) is 17.4 Å². The van der Waals surface area contributed by atoms with E-state index in [1.54, 1.807) is 18.3 Å². The number of hydrogen-bond acceptors (Lipinski definition) is 3. The van der Waals surface area contributed by atoms with Crippen LogP contribution in [0.2, 0.25) is 0 Å². The van der Waals surface area contributed by atoms with Crippen LogP contribution in [0.3, 0.4) is 0 Å². The van der Waals surface area contributed by atoms with Crippen LogP contribution in [0.25, 0.3) is 0 Å². The van der Waals surface area contributed by atoms with Gasteiger partial charge in [0.1, 0.15) is 5.82 Å². The number of nitrogens with two attached hydrogens (primary N) is 1. The highest BCUT2D eigenvalue weighted by Crippen LogP contribution is 2.27. The van der Waals surface area contributed by atoms with E-state index in [1.165, 1.54) is 25.7 Å². The lowest BCUT2D eigenvalue weighted by atomic mass is 9.83. The molecule has 1 fully saturated rings. The summed E-state index contributed by atoms with van der Waals surface area (Å²) in [5.74, 6) is 1.80. The average Bonchev–Trinajstić information content (AvgIpc) is 2.38. The van der Waals surface area contributed by atoms with Gasteiger partial charge in [0, 0.05) is 18.3 Å². The Kier molecular flexibility index (Phi) is 4.18. The van der Waals surface area contributed by atoms with Crippen molar-refractivity contribution in [1.82, 2.24) is 10.3 Å². The van der Waals surface area contributed by atoms with Crippen LogP contribution in [0.1, 0.15) is 43.0 Å².